The van der Waals surface area contributed by atoms with Crippen LogP contribution in [0.5, 0.6) is 0 Å². The molecule has 1 aromatic heterocycles. The van der Waals surface area contributed by atoms with E-state index in [4.69, 9.17) is 16.0 Å². The highest BCUT2D eigenvalue weighted by atomic mass is 35.5. The Morgan fingerprint density at radius 1 is 1.64 bits per heavy atom. The van der Waals surface area contributed by atoms with Gasteiger partial charge in [0.2, 0.25) is 0 Å². The van der Waals surface area contributed by atoms with Crippen molar-refractivity contribution in [2.45, 2.75) is 5.88 Å². The van der Waals surface area contributed by atoms with Gasteiger partial charge in [0.1, 0.15) is 11.5 Å². The van der Waals surface area contributed by atoms with Gasteiger partial charge in [-0.3, -0.25) is 0 Å². The minimum atomic E-state index is 0.336. The van der Waals surface area contributed by atoms with Crippen LogP contribution in [0.4, 0.5) is 0 Å². The summed E-state index contributed by atoms with van der Waals surface area (Å²) in [5.74, 6) is 1.60. The molecule has 58 valence electrons. The molecule has 3 nitrogen and oxygen atoms in total. The van der Waals surface area contributed by atoms with Crippen molar-refractivity contribution in [3.63, 3.8) is 0 Å². The minimum Gasteiger partial charge on any atom is -0.460 e. The summed E-state index contributed by atoms with van der Waals surface area (Å²) in [5, 5.41) is 2.54. The lowest BCUT2D eigenvalue weighted by molar-refractivity contribution is 0.520. The van der Waals surface area contributed by atoms with Crippen LogP contribution in [0.3, 0.4) is 0 Å². The van der Waals surface area contributed by atoms with E-state index in [0.29, 0.717) is 17.4 Å². The van der Waals surface area contributed by atoms with E-state index in [0.717, 1.165) is 6.20 Å². The van der Waals surface area contributed by atoms with Crippen LogP contribution in [0.15, 0.2) is 27.9 Å². The molecule has 0 atom stereocenters. The van der Waals surface area contributed by atoms with Gasteiger partial charge in [0.05, 0.1) is 12.1 Å². The van der Waals surface area contributed by atoms with E-state index in [1.54, 1.807) is 12.1 Å². The zero-order chi connectivity index (χ0) is 8.10. The first-order valence-corrected chi connectivity index (χ1v) is 3.54. The summed E-state index contributed by atoms with van der Waals surface area (Å²) in [6, 6.07) is 3.47. The molecule has 0 saturated heterocycles. The second kappa shape index (κ2) is 3.93. The monoisotopic (exact) mass is 171 g/mol. The molecule has 1 heterocycles. The number of halogens is 1. The van der Waals surface area contributed by atoms with Crippen LogP contribution < -0.4 is 0 Å². The molecule has 1 aromatic rings. The number of hydrogen-bond acceptors (Lipinski definition) is 3. The molecule has 0 N–H and O–H groups in total. The van der Waals surface area contributed by atoms with Crippen molar-refractivity contribution >= 4 is 17.7 Å². The fraction of sp³-hybridized carbons (Fsp3) is 0.143. The smallest absolute Gasteiger partial charge is 0.128 e. The topological polar surface area (TPSA) is 42.6 Å². The molecular formula is C7H6ClNO2. The Labute approximate surface area is 68.6 Å². The molecule has 0 aliphatic heterocycles. The van der Waals surface area contributed by atoms with Crippen LogP contribution in [-0.2, 0) is 5.88 Å². The fourth-order valence-corrected chi connectivity index (χ4v) is 0.803. The SMILES string of the molecule is O=N/C=C/c1ccc(CCl)o1. The van der Waals surface area contributed by atoms with Crippen LogP contribution in [0.1, 0.15) is 11.5 Å². The molecule has 0 aromatic carbocycles. The molecule has 0 radical (unpaired) electrons. The molecule has 0 amide bonds. The average Bonchev–Trinajstić information content (AvgIpc) is 2.48. The van der Waals surface area contributed by atoms with Gasteiger partial charge < -0.3 is 4.42 Å². The summed E-state index contributed by atoms with van der Waals surface area (Å²) >= 11 is 5.47. The van der Waals surface area contributed by atoms with E-state index in [9.17, 15) is 4.91 Å². The third-order valence-electron chi connectivity index (χ3n) is 1.11. The maximum Gasteiger partial charge on any atom is 0.128 e. The van der Waals surface area contributed by atoms with Crippen molar-refractivity contribution in [2.24, 2.45) is 5.18 Å². The van der Waals surface area contributed by atoms with Gasteiger partial charge in [0, 0.05) is 6.08 Å². The summed E-state index contributed by atoms with van der Waals surface area (Å²) < 4.78 is 5.12. The van der Waals surface area contributed by atoms with E-state index in [-0.39, 0.29) is 0 Å². The Hall–Kier alpha value is -1.09. The number of hydrogen-bond donors (Lipinski definition) is 0. The second-order valence-electron chi connectivity index (χ2n) is 1.86. The predicted octanol–water partition coefficient (Wildman–Crippen LogP) is 2.76. The van der Waals surface area contributed by atoms with Crippen LogP contribution in [-0.4, -0.2) is 0 Å². The van der Waals surface area contributed by atoms with Gasteiger partial charge in [-0.1, -0.05) is 0 Å². The molecular weight excluding hydrogens is 166 g/mol. The lowest BCUT2D eigenvalue weighted by atomic mass is 10.4. The Kier molecular flexibility index (Phi) is 2.86. The highest BCUT2D eigenvalue weighted by molar-refractivity contribution is 6.16. The number of nitrogens with zero attached hydrogens (tertiary/aromatic N) is 1. The molecule has 4 heteroatoms. The Morgan fingerprint density at radius 3 is 3.00 bits per heavy atom. The molecule has 11 heavy (non-hydrogen) atoms. The van der Waals surface area contributed by atoms with Crippen LogP contribution in [0.2, 0.25) is 0 Å². The number of nitroso groups, excluding NO2 is 1. The highest BCUT2D eigenvalue weighted by Crippen LogP contribution is 2.11. The fourth-order valence-electron chi connectivity index (χ4n) is 0.660. The molecule has 0 bridgehead atoms. The van der Waals surface area contributed by atoms with Crippen LogP contribution in [0, 0.1) is 4.91 Å². The van der Waals surface area contributed by atoms with Gasteiger partial charge in [0.25, 0.3) is 0 Å². The predicted molar refractivity (Wildman–Crippen MR) is 43.1 cm³/mol. The van der Waals surface area contributed by atoms with E-state index in [1.165, 1.54) is 6.08 Å². The van der Waals surface area contributed by atoms with Crippen molar-refractivity contribution in [1.82, 2.24) is 0 Å². The van der Waals surface area contributed by atoms with Crippen molar-refractivity contribution in [3.05, 3.63) is 34.8 Å². The third kappa shape index (κ3) is 2.20. The highest BCUT2D eigenvalue weighted by Gasteiger charge is 1.95. The lowest BCUT2D eigenvalue weighted by Crippen LogP contribution is -1.65. The van der Waals surface area contributed by atoms with Crippen LogP contribution in [0.25, 0.3) is 6.08 Å². The first kappa shape index (κ1) is 8.01. The average molecular weight is 172 g/mol. The Bertz CT molecular complexity index is 267. The van der Waals surface area contributed by atoms with E-state index >= 15 is 0 Å². The van der Waals surface area contributed by atoms with Gasteiger partial charge in [-0.15, -0.1) is 16.5 Å². The van der Waals surface area contributed by atoms with Gasteiger partial charge in [-0.2, -0.15) is 0 Å². The number of rotatable bonds is 3. The molecule has 0 saturated carbocycles. The van der Waals surface area contributed by atoms with Crippen molar-refractivity contribution in [1.29, 1.82) is 0 Å². The molecule has 0 spiro atoms. The van der Waals surface area contributed by atoms with Gasteiger partial charge in [-0.25, -0.2) is 0 Å². The van der Waals surface area contributed by atoms with Crippen molar-refractivity contribution in [3.8, 4) is 0 Å². The van der Waals surface area contributed by atoms with E-state index < -0.39 is 0 Å². The normalized spacial score (nSPS) is 10.6. The van der Waals surface area contributed by atoms with Crippen molar-refractivity contribution < 1.29 is 4.42 Å². The minimum absolute atomic E-state index is 0.336. The quantitative estimate of drug-likeness (QED) is 0.518. The maximum absolute atomic E-state index is 9.65. The second-order valence-corrected chi connectivity index (χ2v) is 2.13. The molecule has 0 aliphatic rings. The zero-order valence-electron chi connectivity index (χ0n) is 5.66. The van der Waals surface area contributed by atoms with Crippen LogP contribution >= 0.6 is 11.6 Å². The molecule has 0 fully saturated rings. The summed E-state index contributed by atoms with van der Waals surface area (Å²) in [4.78, 5) is 9.65. The largest absolute Gasteiger partial charge is 0.460 e. The first-order valence-electron chi connectivity index (χ1n) is 3.00. The summed E-state index contributed by atoms with van der Waals surface area (Å²) in [7, 11) is 0. The summed E-state index contributed by atoms with van der Waals surface area (Å²) in [6.07, 6.45) is 2.60. The standard InChI is InChI=1S/C7H6ClNO2/c8-5-7-2-1-6(11-7)3-4-9-10/h1-4H,5H2/b4-3+. The third-order valence-corrected chi connectivity index (χ3v) is 1.38. The van der Waals surface area contributed by atoms with Crippen molar-refractivity contribution in [2.75, 3.05) is 0 Å². The zero-order valence-corrected chi connectivity index (χ0v) is 6.41. The molecule has 0 aliphatic carbocycles. The summed E-state index contributed by atoms with van der Waals surface area (Å²) in [6.45, 7) is 0. The molecule has 1 rings (SSSR count). The lowest BCUT2D eigenvalue weighted by Gasteiger charge is -1.83. The molecule has 0 unspecified atom stereocenters. The van der Waals surface area contributed by atoms with Gasteiger partial charge in [-0.05, 0) is 17.3 Å². The number of furan rings is 1. The van der Waals surface area contributed by atoms with Gasteiger partial charge >= 0.3 is 0 Å². The Balaban J connectivity index is 2.72. The number of alkyl halides is 1. The van der Waals surface area contributed by atoms with E-state index in [1.807, 2.05) is 0 Å². The summed E-state index contributed by atoms with van der Waals surface area (Å²) in [5.41, 5.74) is 0. The Morgan fingerprint density at radius 2 is 2.45 bits per heavy atom. The first-order chi connectivity index (χ1) is 5.36. The van der Waals surface area contributed by atoms with Gasteiger partial charge in [0.15, 0.2) is 0 Å². The van der Waals surface area contributed by atoms with E-state index in [2.05, 4.69) is 5.18 Å². The maximum atomic E-state index is 9.65.